The molecule has 10 heteroatoms. The number of nitrogens with one attached hydrogen (secondary N) is 1. The predicted octanol–water partition coefficient (Wildman–Crippen LogP) is -0.188. The van der Waals surface area contributed by atoms with Gasteiger partial charge in [-0.25, -0.2) is 8.42 Å². The molecular weight excluding hydrogens is 316 g/mol. The van der Waals surface area contributed by atoms with Crippen molar-refractivity contribution in [2.45, 2.75) is 50.9 Å². The quantitative estimate of drug-likeness (QED) is 0.194. The number of carbonyl (C=O) groups excluding carboxylic acids is 1. The van der Waals surface area contributed by atoms with Gasteiger partial charge in [0.1, 0.15) is 11.7 Å². The highest BCUT2D eigenvalue weighted by atomic mass is 32.3. The van der Waals surface area contributed by atoms with Gasteiger partial charge in [-0.2, -0.15) is 0 Å². The van der Waals surface area contributed by atoms with Crippen molar-refractivity contribution in [2.24, 2.45) is 0 Å². The molecule has 0 saturated carbocycles. The van der Waals surface area contributed by atoms with Crippen molar-refractivity contribution in [2.75, 3.05) is 6.54 Å². The summed E-state index contributed by atoms with van der Waals surface area (Å²) in [6, 6.07) is 0. The Hall–Kier alpha value is -1.04. The first-order chi connectivity index (χ1) is 9.32. The zero-order valence-electron chi connectivity index (χ0n) is 13.3. The van der Waals surface area contributed by atoms with E-state index in [0.29, 0.717) is 0 Å². The maximum atomic E-state index is 11.0. The number of amides is 1. The minimum atomic E-state index is -5.07. The van der Waals surface area contributed by atoms with Gasteiger partial charge in [0, 0.05) is 6.54 Å². The lowest BCUT2D eigenvalue weighted by atomic mass is 9.84. The highest BCUT2D eigenvalue weighted by Gasteiger charge is 2.44. The summed E-state index contributed by atoms with van der Waals surface area (Å²) in [7, 11) is -5.07. The van der Waals surface area contributed by atoms with Gasteiger partial charge in [-0.1, -0.05) is 6.58 Å². The molecule has 0 aromatic rings. The molecule has 0 heterocycles. The molecule has 22 heavy (non-hydrogen) atoms. The van der Waals surface area contributed by atoms with Crippen LogP contribution >= 0.6 is 0 Å². The Morgan fingerprint density at radius 1 is 1.45 bits per heavy atom. The fraction of sp³-hybridized carbons (Fsp3) is 0.750. The Labute approximate surface area is 130 Å². The first-order valence-corrected chi connectivity index (χ1v) is 7.62. The topological polar surface area (TPSA) is 172 Å². The van der Waals surface area contributed by atoms with Crippen LogP contribution in [0.25, 0.3) is 0 Å². The maximum absolute atomic E-state index is 11.0. The molecule has 0 spiro atoms. The maximum Gasteiger partial charge on any atom is 0.243 e. The van der Waals surface area contributed by atoms with Crippen LogP contribution < -0.4 is 11.5 Å². The Balaban J connectivity index is 0. The van der Waals surface area contributed by atoms with E-state index >= 15 is 0 Å². The van der Waals surface area contributed by atoms with Gasteiger partial charge in [0.15, 0.2) is 0 Å². The van der Waals surface area contributed by atoms with Crippen LogP contribution in [0.15, 0.2) is 12.7 Å². The summed E-state index contributed by atoms with van der Waals surface area (Å²) in [4.78, 5) is 11.0. The predicted molar refractivity (Wildman–Crippen MR) is 79.9 cm³/mol. The van der Waals surface area contributed by atoms with Crippen molar-refractivity contribution in [1.29, 1.82) is 0 Å². The highest BCUT2D eigenvalue weighted by molar-refractivity contribution is 7.80. The molecule has 7 N–H and O–H groups in total. The molecule has 2 unspecified atom stereocenters. The second kappa shape index (κ2) is 8.56. The van der Waals surface area contributed by atoms with Crippen molar-refractivity contribution < 1.29 is 32.2 Å². The SMILES string of the molecule is C=CC(=O)NCCCC(C)(OS(=O)(=O)[O-])C(O)C(C)(C)O.[NH4+]. The molecule has 2 atom stereocenters. The minimum absolute atomic E-state index is 0. The molecule has 0 radical (unpaired) electrons. The Bertz CT molecular complexity index is 472. The second-order valence-electron chi connectivity index (χ2n) is 5.46. The molecule has 0 aliphatic carbocycles. The van der Waals surface area contributed by atoms with Crippen LogP contribution in [-0.2, 0) is 19.4 Å². The third-order valence-corrected chi connectivity index (χ3v) is 3.46. The van der Waals surface area contributed by atoms with Crippen LogP contribution in [0.3, 0.4) is 0 Å². The molecule has 132 valence electrons. The molecule has 1 amide bonds. The van der Waals surface area contributed by atoms with Gasteiger partial charge in [-0.05, 0) is 39.7 Å². The Kier molecular flexibility index (Phi) is 9.03. The van der Waals surface area contributed by atoms with E-state index in [-0.39, 0.29) is 25.5 Å². The van der Waals surface area contributed by atoms with Gasteiger partial charge < -0.3 is 26.2 Å². The standard InChI is InChI=1S/C12H23NO7S.H3N/c1-5-9(14)13-8-6-7-12(4,20-21(17,18)19)10(15)11(2,3)16;/h5,10,15-16H,1,6-8H2,2-4H3,(H,13,14)(H,17,18,19);1H3. The lowest BCUT2D eigenvalue weighted by Gasteiger charge is -2.40. The van der Waals surface area contributed by atoms with Crippen molar-refractivity contribution >= 4 is 16.3 Å². The van der Waals surface area contributed by atoms with E-state index in [1.165, 1.54) is 20.8 Å². The fourth-order valence-electron chi connectivity index (χ4n) is 1.93. The summed E-state index contributed by atoms with van der Waals surface area (Å²) < 4.78 is 36.9. The van der Waals surface area contributed by atoms with Crippen LogP contribution in [0.2, 0.25) is 0 Å². The molecule has 0 aliphatic heterocycles. The van der Waals surface area contributed by atoms with Crippen LogP contribution in [0.5, 0.6) is 0 Å². The summed E-state index contributed by atoms with van der Waals surface area (Å²) in [5.41, 5.74) is -3.48. The fourth-order valence-corrected chi connectivity index (χ4v) is 2.57. The number of aliphatic hydroxyl groups excluding tert-OH is 1. The van der Waals surface area contributed by atoms with Gasteiger partial charge in [-0.15, -0.1) is 0 Å². The monoisotopic (exact) mass is 342 g/mol. The number of hydrogen-bond donors (Lipinski definition) is 4. The zero-order valence-corrected chi connectivity index (χ0v) is 14.1. The Morgan fingerprint density at radius 2 is 1.95 bits per heavy atom. The van der Waals surface area contributed by atoms with Gasteiger partial charge in [0.2, 0.25) is 16.3 Å². The Morgan fingerprint density at radius 3 is 2.32 bits per heavy atom. The van der Waals surface area contributed by atoms with Crippen LogP contribution in [0.1, 0.15) is 33.6 Å². The molecule has 0 rings (SSSR count). The first kappa shape index (κ1) is 23.2. The summed E-state index contributed by atoms with van der Waals surface area (Å²) in [5, 5.41) is 22.3. The number of hydrogen-bond acceptors (Lipinski definition) is 7. The highest BCUT2D eigenvalue weighted by Crippen LogP contribution is 2.30. The molecule has 0 aromatic carbocycles. The van der Waals surface area contributed by atoms with Crippen LogP contribution in [0, 0.1) is 0 Å². The zero-order chi connectivity index (χ0) is 16.9. The van der Waals surface area contributed by atoms with E-state index in [2.05, 4.69) is 16.1 Å². The van der Waals surface area contributed by atoms with E-state index in [0.717, 1.165) is 6.08 Å². The van der Waals surface area contributed by atoms with Gasteiger partial charge >= 0.3 is 0 Å². The van der Waals surface area contributed by atoms with Crippen LogP contribution in [-0.4, -0.2) is 52.9 Å². The summed E-state index contributed by atoms with van der Waals surface area (Å²) in [6.45, 7) is 7.16. The lowest BCUT2D eigenvalue weighted by Crippen LogP contribution is -2.54. The third-order valence-electron chi connectivity index (χ3n) is 2.87. The summed E-state index contributed by atoms with van der Waals surface area (Å²) in [5.74, 6) is -0.405. The lowest BCUT2D eigenvalue weighted by molar-refractivity contribution is -0.143. The number of aliphatic hydroxyl groups is 2. The van der Waals surface area contributed by atoms with Crippen molar-refractivity contribution in [3.8, 4) is 0 Å². The van der Waals surface area contributed by atoms with Gasteiger partial charge in [0.25, 0.3) is 0 Å². The third kappa shape index (κ3) is 8.41. The number of carbonyl (C=O) groups is 1. The van der Waals surface area contributed by atoms with E-state index in [1.54, 1.807) is 0 Å². The van der Waals surface area contributed by atoms with E-state index in [4.69, 9.17) is 0 Å². The van der Waals surface area contributed by atoms with E-state index in [9.17, 15) is 28.0 Å². The molecule has 0 aromatic heterocycles. The molecular formula is C12H26N2O7S. The average Bonchev–Trinajstić information content (AvgIpc) is 2.30. The number of quaternary nitrogens is 1. The minimum Gasteiger partial charge on any atom is -0.726 e. The largest absolute Gasteiger partial charge is 0.726 e. The van der Waals surface area contributed by atoms with Gasteiger partial charge in [0.05, 0.1) is 5.60 Å². The molecule has 0 bridgehead atoms. The average molecular weight is 342 g/mol. The van der Waals surface area contributed by atoms with Crippen molar-refractivity contribution in [3.05, 3.63) is 12.7 Å². The smallest absolute Gasteiger partial charge is 0.243 e. The molecule has 9 nitrogen and oxygen atoms in total. The molecule has 0 fully saturated rings. The van der Waals surface area contributed by atoms with Crippen molar-refractivity contribution in [3.63, 3.8) is 0 Å². The molecule has 0 aliphatic rings. The first-order valence-electron chi connectivity index (χ1n) is 6.29. The molecule has 0 saturated heterocycles. The van der Waals surface area contributed by atoms with Gasteiger partial charge in [-0.3, -0.25) is 8.98 Å². The van der Waals surface area contributed by atoms with Crippen molar-refractivity contribution in [1.82, 2.24) is 11.5 Å². The summed E-state index contributed by atoms with van der Waals surface area (Å²) >= 11 is 0. The summed E-state index contributed by atoms with van der Waals surface area (Å²) in [6.07, 6.45) is -0.400. The second-order valence-corrected chi connectivity index (χ2v) is 6.44. The van der Waals surface area contributed by atoms with E-state index < -0.39 is 33.6 Å². The number of rotatable bonds is 9. The normalized spacial score (nSPS) is 16.1. The van der Waals surface area contributed by atoms with E-state index in [1.807, 2.05) is 0 Å². The van der Waals surface area contributed by atoms with Crippen LogP contribution in [0.4, 0.5) is 0 Å².